The fourth-order valence-corrected chi connectivity index (χ4v) is 14.6. The summed E-state index contributed by atoms with van der Waals surface area (Å²) in [5.74, 6) is 0.854. The van der Waals surface area contributed by atoms with Crippen LogP contribution in [0, 0.1) is 46.3 Å². The number of ether oxygens (including phenoxy) is 4. The summed E-state index contributed by atoms with van der Waals surface area (Å²) >= 11 is 0. The van der Waals surface area contributed by atoms with Crippen molar-refractivity contribution in [3.05, 3.63) is 0 Å². The number of nitrogens with zero attached hydrogens (tertiary/aromatic N) is 3. The second-order valence-electron chi connectivity index (χ2n) is 28.3. The average molecular weight is 1050 g/mol. The Kier molecular flexibility index (Phi) is 26.7. The normalized spacial score (nSPS) is 28.4. The van der Waals surface area contributed by atoms with Crippen molar-refractivity contribution in [3.8, 4) is 0 Å². The molecule has 4 rings (SSSR count). The fourth-order valence-electron chi connectivity index (χ4n) is 14.6. The molecule has 0 amide bonds. The van der Waals surface area contributed by atoms with Crippen LogP contribution in [0.15, 0.2) is 0 Å². The Hall–Kier alpha value is -2.24. The van der Waals surface area contributed by atoms with Crippen LogP contribution in [0.3, 0.4) is 0 Å². The molecule has 0 aromatic carbocycles. The minimum atomic E-state index is -0.336. The molecule has 0 aliphatic heterocycles. The third-order valence-corrected chi connectivity index (χ3v) is 19.0. The summed E-state index contributed by atoms with van der Waals surface area (Å²) in [6.45, 7) is 13.2. The van der Waals surface area contributed by atoms with Gasteiger partial charge < -0.3 is 32.4 Å². The van der Waals surface area contributed by atoms with E-state index in [-0.39, 0.29) is 88.5 Å². The molecule has 0 unspecified atom stereocenters. The van der Waals surface area contributed by atoms with Crippen LogP contribution in [0.4, 0.5) is 0 Å². The largest absolute Gasteiger partial charge is 0.466 e. The van der Waals surface area contributed by atoms with Crippen molar-refractivity contribution < 1.29 is 51.6 Å². The molecule has 0 aromatic heterocycles. The van der Waals surface area contributed by atoms with Crippen molar-refractivity contribution in [1.29, 1.82) is 0 Å². The van der Waals surface area contributed by atoms with E-state index in [1.807, 2.05) is 0 Å². The molecule has 0 bridgehead atoms. The highest BCUT2D eigenvalue weighted by molar-refractivity contribution is 5.70. The fraction of sp³-hybridized carbons (Fsp3) is 0.937. The maximum absolute atomic E-state index is 14.2. The maximum Gasteiger partial charge on any atom is 0.306 e. The zero-order chi connectivity index (χ0) is 54.6. The highest BCUT2D eigenvalue weighted by atomic mass is 16.6. The van der Waals surface area contributed by atoms with E-state index in [0.29, 0.717) is 32.3 Å². The van der Waals surface area contributed by atoms with Crippen LogP contribution in [0.25, 0.3) is 0 Å². The van der Waals surface area contributed by atoms with Crippen LogP contribution in [0.1, 0.15) is 227 Å². The number of hydrogen-bond donors (Lipinski definition) is 0. The molecule has 4 saturated carbocycles. The SMILES string of the molecule is CCCCCCCCCCCCOC(=O)CC[C@@H](C)[C@H]1CC[C@H]2[C@@H]3[C@H](OC(=O)CCCCC[N+](C)(C)C)C[C@@H]4C[C@H](OC(=O)CCCCC[N+](C)(C)C)CC[C@]4(C)[C@H]3C[C@H](OC(=O)CCCCC[N+](C)(C)C)[C@]12C. The molecule has 0 spiro atoms. The summed E-state index contributed by atoms with van der Waals surface area (Å²) in [6, 6.07) is 0. The quantitative estimate of drug-likeness (QED) is 0.0264. The van der Waals surface area contributed by atoms with Crippen molar-refractivity contribution in [2.75, 3.05) is 89.7 Å². The number of esters is 4. The molecule has 11 heteroatoms. The van der Waals surface area contributed by atoms with Gasteiger partial charge in [0.25, 0.3) is 0 Å². The van der Waals surface area contributed by atoms with Crippen LogP contribution in [0.2, 0.25) is 0 Å². The molecular weight excluding hydrogens is 927 g/mol. The van der Waals surface area contributed by atoms with E-state index in [2.05, 4.69) is 91.1 Å². The van der Waals surface area contributed by atoms with Crippen molar-refractivity contribution in [2.45, 2.75) is 245 Å². The molecule has 4 aliphatic carbocycles. The van der Waals surface area contributed by atoms with Gasteiger partial charge in [0.1, 0.15) is 18.3 Å². The lowest BCUT2D eigenvalue weighted by molar-refractivity contribution is -0.870. The molecule has 0 aromatic rings. The molecule has 0 N–H and O–H groups in total. The lowest BCUT2D eigenvalue weighted by Gasteiger charge is -2.64. The number of carbonyl (C=O) groups excluding carboxylic acids is 4. The van der Waals surface area contributed by atoms with Gasteiger partial charge in [-0.25, -0.2) is 0 Å². The molecule has 74 heavy (non-hydrogen) atoms. The second kappa shape index (κ2) is 30.8. The predicted molar refractivity (Wildman–Crippen MR) is 301 cm³/mol. The first-order valence-electron chi connectivity index (χ1n) is 31.0. The molecule has 4 aliphatic rings. The van der Waals surface area contributed by atoms with Gasteiger partial charge in [0.2, 0.25) is 0 Å². The smallest absolute Gasteiger partial charge is 0.306 e. The Labute approximate surface area is 454 Å². The summed E-state index contributed by atoms with van der Waals surface area (Å²) in [7, 11) is 19.9. The monoisotopic (exact) mass is 1040 g/mol. The Balaban J connectivity index is 1.52. The van der Waals surface area contributed by atoms with E-state index in [9.17, 15) is 19.2 Å². The van der Waals surface area contributed by atoms with E-state index < -0.39 is 0 Å². The summed E-state index contributed by atoms with van der Waals surface area (Å²) < 4.78 is 28.6. The van der Waals surface area contributed by atoms with Gasteiger partial charge in [0.05, 0.1) is 89.7 Å². The lowest BCUT2D eigenvalue weighted by atomic mass is 9.43. The highest BCUT2D eigenvalue weighted by Gasteiger charge is 2.68. The predicted octanol–water partition coefficient (Wildman–Crippen LogP) is 13.3. The molecule has 0 heterocycles. The van der Waals surface area contributed by atoms with Gasteiger partial charge in [0, 0.05) is 37.0 Å². The third-order valence-electron chi connectivity index (χ3n) is 19.0. The molecular formula is C63H118N3O8+3. The number of fused-ring (bicyclic) bond motifs is 5. The summed E-state index contributed by atoms with van der Waals surface area (Å²) in [4.78, 5) is 54.9. The first kappa shape index (κ1) is 64.3. The number of quaternary nitrogens is 3. The van der Waals surface area contributed by atoms with Gasteiger partial charge in [-0.2, -0.15) is 0 Å². The first-order valence-corrected chi connectivity index (χ1v) is 31.0. The zero-order valence-electron chi connectivity index (χ0n) is 50.6. The summed E-state index contributed by atoms with van der Waals surface area (Å²) in [5, 5.41) is 0. The van der Waals surface area contributed by atoms with Crippen molar-refractivity contribution in [3.63, 3.8) is 0 Å². The Bertz CT molecular complexity index is 1670. The molecule has 430 valence electrons. The second-order valence-corrected chi connectivity index (χ2v) is 28.3. The van der Waals surface area contributed by atoms with Crippen molar-refractivity contribution in [1.82, 2.24) is 0 Å². The van der Waals surface area contributed by atoms with Gasteiger partial charge in [-0.05, 0) is 151 Å². The molecule has 11 nitrogen and oxygen atoms in total. The number of rotatable bonds is 36. The summed E-state index contributed by atoms with van der Waals surface area (Å²) in [5.41, 5.74) is -0.413. The average Bonchev–Trinajstić information content (AvgIpc) is 3.67. The van der Waals surface area contributed by atoms with E-state index >= 15 is 0 Å². The van der Waals surface area contributed by atoms with E-state index in [1.54, 1.807) is 0 Å². The van der Waals surface area contributed by atoms with E-state index in [4.69, 9.17) is 18.9 Å². The van der Waals surface area contributed by atoms with Gasteiger partial charge in [-0.15, -0.1) is 0 Å². The van der Waals surface area contributed by atoms with Crippen LogP contribution >= 0.6 is 0 Å². The highest BCUT2D eigenvalue weighted by Crippen LogP contribution is 2.69. The Morgan fingerprint density at radius 2 is 1.00 bits per heavy atom. The molecule has 0 saturated heterocycles. The van der Waals surface area contributed by atoms with Crippen molar-refractivity contribution in [2.24, 2.45) is 46.3 Å². The van der Waals surface area contributed by atoms with Crippen LogP contribution in [-0.4, -0.2) is 145 Å². The van der Waals surface area contributed by atoms with Crippen LogP contribution < -0.4 is 0 Å². The van der Waals surface area contributed by atoms with Gasteiger partial charge >= 0.3 is 23.9 Å². The van der Waals surface area contributed by atoms with Gasteiger partial charge in [-0.1, -0.05) is 85.5 Å². The number of unbranched alkanes of at least 4 members (excludes halogenated alkanes) is 15. The minimum absolute atomic E-state index is 0.0776. The van der Waals surface area contributed by atoms with E-state index in [0.717, 1.165) is 155 Å². The zero-order valence-corrected chi connectivity index (χ0v) is 50.6. The number of carbonyl (C=O) groups is 4. The lowest BCUT2D eigenvalue weighted by Crippen LogP contribution is -2.63. The van der Waals surface area contributed by atoms with E-state index in [1.165, 1.54) is 51.4 Å². The Morgan fingerprint density at radius 1 is 0.514 bits per heavy atom. The van der Waals surface area contributed by atoms with Gasteiger partial charge in [0.15, 0.2) is 0 Å². The van der Waals surface area contributed by atoms with Crippen molar-refractivity contribution >= 4 is 23.9 Å². The molecule has 11 atom stereocenters. The molecule has 4 fully saturated rings. The number of hydrogen-bond acceptors (Lipinski definition) is 8. The van der Waals surface area contributed by atoms with Gasteiger partial charge in [-0.3, -0.25) is 19.2 Å². The van der Waals surface area contributed by atoms with Crippen LogP contribution in [-0.2, 0) is 38.1 Å². The third kappa shape index (κ3) is 21.5. The standard InChI is InChI=1S/C63H118N3O8/c1-14-15-16-17-18-19-20-21-22-32-45-71-57(67)39-36-49(2)52-37-38-53-61-54(48-56(63(52,53)4)74-60(70)35-28-25-31-44-66(11,12)13)62(3)41-40-51(72-58(68)33-26-23-29-42-64(5,6)7)46-50(62)47-55(61)73-59(69)34-27-24-30-43-65(8,9)10/h49-56,61H,14-48H2,1-13H3/q+3/t49-,50+,51-,52-,53+,54+,55-,56+,61+,62+,63-/m1/s1. The summed E-state index contributed by atoms with van der Waals surface area (Å²) in [6.07, 6.45) is 29.1. The molecule has 0 radical (unpaired) electrons. The first-order chi connectivity index (χ1) is 34.9. The minimum Gasteiger partial charge on any atom is -0.466 e. The van der Waals surface area contributed by atoms with Crippen LogP contribution in [0.5, 0.6) is 0 Å². The maximum atomic E-state index is 14.2. The topological polar surface area (TPSA) is 105 Å². The Morgan fingerprint density at radius 3 is 1.53 bits per heavy atom.